The molecule has 0 heterocycles. The van der Waals surface area contributed by atoms with E-state index in [9.17, 15) is 13.2 Å². The lowest BCUT2D eigenvalue weighted by atomic mass is 10.1. The van der Waals surface area contributed by atoms with Crippen molar-refractivity contribution >= 4 is 39.1 Å². The molecule has 4 rings (SSSR count). The molecular formula is C28H26N2O3S2. The number of carbonyl (C=O) groups is 1. The van der Waals surface area contributed by atoms with Gasteiger partial charge in [0.1, 0.15) is 0 Å². The SMILES string of the molecule is CS(=O)(=O)N(Cc1ccccc1)c1ccc(C(=O)Nc2ccc(CSc3ccccc3)cc2)cc1. The molecule has 0 fully saturated rings. The Kier molecular flexibility index (Phi) is 7.90. The second-order valence-electron chi connectivity index (χ2n) is 8.05. The van der Waals surface area contributed by atoms with Crippen molar-refractivity contribution in [3.8, 4) is 0 Å². The highest BCUT2D eigenvalue weighted by Crippen LogP contribution is 2.24. The number of sulfonamides is 1. The van der Waals surface area contributed by atoms with Crippen LogP contribution in [0.15, 0.2) is 114 Å². The van der Waals surface area contributed by atoms with Crippen molar-refractivity contribution in [3.05, 3.63) is 126 Å². The number of amides is 1. The first-order valence-electron chi connectivity index (χ1n) is 11.1. The average Bonchev–Trinajstić information content (AvgIpc) is 2.87. The first-order valence-corrected chi connectivity index (χ1v) is 13.9. The van der Waals surface area contributed by atoms with E-state index in [0.717, 1.165) is 11.3 Å². The van der Waals surface area contributed by atoms with Crippen LogP contribution < -0.4 is 9.62 Å². The maximum atomic E-state index is 12.7. The van der Waals surface area contributed by atoms with E-state index < -0.39 is 10.0 Å². The number of benzene rings is 4. The van der Waals surface area contributed by atoms with E-state index in [-0.39, 0.29) is 12.5 Å². The van der Waals surface area contributed by atoms with E-state index >= 15 is 0 Å². The third-order valence-corrected chi connectivity index (χ3v) is 7.57. The molecule has 4 aromatic rings. The second kappa shape index (κ2) is 11.3. The lowest BCUT2D eigenvalue weighted by molar-refractivity contribution is 0.102. The zero-order chi connectivity index (χ0) is 24.7. The van der Waals surface area contributed by atoms with Gasteiger partial charge in [-0.1, -0.05) is 60.7 Å². The van der Waals surface area contributed by atoms with Gasteiger partial charge in [-0.05, 0) is 59.7 Å². The number of anilines is 2. The fourth-order valence-electron chi connectivity index (χ4n) is 3.50. The fourth-order valence-corrected chi connectivity index (χ4v) is 5.26. The summed E-state index contributed by atoms with van der Waals surface area (Å²) in [5.74, 6) is 0.594. The largest absolute Gasteiger partial charge is 0.322 e. The van der Waals surface area contributed by atoms with Crippen molar-refractivity contribution in [2.75, 3.05) is 15.9 Å². The maximum Gasteiger partial charge on any atom is 0.255 e. The van der Waals surface area contributed by atoms with Gasteiger partial charge in [0.15, 0.2) is 0 Å². The molecule has 0 aliphatic carbocycles. The number of hydrogen-bond acceptors (Lipinski definition) is 4. The van der Waals surface area contributed by atoms with E-state index in [4.69, 9.17) is 0 Å². The van der Waals surface area contributed by atoms with E-state index in [1.54, 1.807) is 36.0 Å². The number of rotatable bonds is 9. The van der Waals surface area contributed by atoms with E-state index in [0.29, 0.717) is 16.9 Å². The molecule has 0 saturated carbocycles. The molecule has 0 radical (unpaired) electrons. The highest BCUT2D eigenvalue weighted by Gasteiger charge is 2.18. The van der Waals surface area contributed by atoms with Gasteiger partial charge in [-0.2, -0.15) is 0 Å². The lowest BCUT2D eigenvalue weighted by Crippen LogP contribution is -2.29. The minimum absolute atomic E-state index is 0.222. The predicted molar refractivity (Wildman–Crippen MR) is 144 cm³/mol. The zero-order valence-electron chi connectivity index (χ0n) is 19.3. The van der Waals surface area contributed by atoms with E-state index in [1.165, 1.54) is 21.0 Å². The summed E-state index contributed by atoms with van der Waals surface area (Å²) < 4.78 is 26.1. The van der Waals surface area contributed by atoms with Gasteiger partial charge in [0, 0.05) is 21.9 Å². The highest BCUT2D eigenvalue weighted by atomic mass is 32.2. The summed E-state index contributed by atoms with van der Waals surface area (Å²) >= 11 is 1.76. The van der Waals surface area contributed by atoms with Gasteiger partial charge in [0.05, 0.1) is 18.5 Å². The molecule has 178 valence electrons. The van der Waals surface area contributed by atoms with Crippen LogP contribution in [0.4, 0.5) is 11.4 Å². The first kappa shape index (κ1) is 24.6. The summed E-state index contributed by atoms with van der Waals surface area (Å²) in [6.45, 7) is 0.222. The Balaban J connectivity index is 1.39. The van der Waals surface area contributed by atoms with Gasteiger partial charge in [-0.3, -0.25) is 9.10 Å². The van der Waals surface area contributed by atoms with Crippen LogP contribution in [0.25, 0.3) is 0 Å². The number of thioether (sulfide) groups is 1. The summed E-state index contributed by atoms with van der Waals surface area (Å²) in [6, 6.07) is 34.0. The summed E-state index contributed by atoms with van der Waals surface area (Å²) in [5.41, 5.74) is 3.71. The quantitative estimate of drug-likeness (QED) is 0.277. The standard InChI is InChI=1S/C28H26N2O3S2/c1-35(32,33)30(20-22-8-4-2-5-9-22)26-18-14-24(15-19-26)28(31)29-25-16-12-23(13-17-25)21-34-27-10-6-3-7-11-27/h2-19H,20-21H2,1H3,(H,29,31). The molecule has 0 atom stereocenters. The topological polar surface area (TPSA) is 66.5 Å². The van der Waals surface area contributed by atoms with E-state index in [2.05, 4.69) is 17.4 Å². The minimum atomic E-state index is -3.49. The molecule has 0 aliphatic heterocycles. The van der Waals surface area contributed by atoms with Crippen LogP contribution in [0.2, 0.25) is 0 Å². The van der Waals surface area contributed by atoms with Gasteiger partial charge in [0.25, 0.3) is 5.91 Å². The Morgan fingerprint density at radius 1 is 0.771 bits per heavy atom. The third kappa shape index (κ3) is 6.97. The van der Waals surface area contributed by atoms with Crippen LogP contribution in [0.5, 0.6) is 0 Å². The molecule has 1 N–H and O–H groups in total. The summed E-state index contributed by atoms with van der Waals surface area (Å²) in [4.78, 5) is 13.9. The normalized spacial score (nSPS) is 11.1. The minimum Gasteiger partial charge on any atom is -0.322 e. The summed E-state index contributed by atoms with van der Waals surface area (Å²) in [7, 11) is -3.49. The second-order valence-corrected chi connectivity index (χ2v) is 11.0. The highest BCUT2D eigenvalue weighted by molar-refractivity contribution is 7.98. The Hall–Kier alpha value is -3.55. The molecular weight excluding hydrogens is 476 g/mol. The van der Waals surface area contributed by atoms with Gasteiger partial charge in [-0.25, -0.2) is 8.42 Å². The predicted octanol–water partition coefficient (Wildman–Crippen LogP) is 6.20. The number of nitrogens with zero attached hydrogens (tertiary/aromatic N) is 1. The van der Waals surface area contributed by atoms with Crippen LogP contribution in [-0.2, 0) is 22.3 Å². The number of hydrogen-bond donors (Lipinski definition) is 1. The smallest absolute Gasteiger partial charge is 0.255 e. The monoisotopic (exact) mass is 502 g/mol. The molecule has 0 bridgehead atoms. The Labute approximate surface area is 210 Å². The van der Waals surface area contributed by atoms with Gasteiger partial charge in [-0.15, -0.1) is 11.8 Å². The first-order chi connectivity index (χ1) is 16.9. The number of carbonyl (C=O) groups excluding carboxylic acids is 1. The van der Waals surface area contributed by atoms with Crippen molar-refractivity contribution < 1.29 is 13.2 Å². The van der Waals surface area contributed by atoms with Crippen LogP contribution in [0.3, 0.4) is 0 Å². The average molecular weight is 503 g/mol. The van der Waals surface area contributed by atoms with Crippen molar-refractivity contribution in [1.29, 1.82) is 0 Å². The molecule has 5 nitrogen and oxygen atoms in total. The molecule has 0 unspecified atom stereocenters. The van der Waals surface area contributed by atoms with Gasteiger partial charge in [0.2, 0.25) is 10.0 Å². The van der Waals surface area contributed by atoms with Crippen molar-refractivity contribution in [2.24, 2.45) is 0 Å². The van der Waals surface area contributed by atoms with Crippen molar-refractivity contribution in [1.82, 2.24) is 0 Å². The van der Waals surface area contributed by atoms with Gasteiger partial charge < -0.3 is 5.32 Å². The molecule has 4 aromatic carbocycles. The number of nitrogens with one attached hydrogen (secondary N) is 1. The lowest BCUT2D eigenvalue weighted by Gasteiger charge is -2.22. The molecule has 1 amide bonds. The third-order valence-electron chi connectivity index (χ3n) is 5.35. The van der Waals surface area contributed by atoms with Crippen molar-refractivity contribution in [2.45, 2.75) is 17.2 Å². The Bertz CT molecular complexity index is 1360. The van der Waals surface area contributed by atoms with Crippen LogP contribution in [-0.4, -0.2) is 20.6 Å². The zero-order valence-corrected chi connectivity index (χ0v) is 20.9. The van der Waals surface area contributed by atoms with Gasteiger partial charge >= 0.3 is 0 Å². The van der Waals surface area contributed by atoms with Crippen LogP contribution in [0.1, 0.15) is 21.5 Å². The molecule has 7 heteroatoms. The molecule has 0 aliphatic rings. The fraction of sp³-hybridized carbons (Fsp3) is 0.107. The van der Waals surface area contributed by atoms with Crippen LogP contribution in [0, 0.1) is 0 Å². The summed E-state index contributed by atoms with van der Waals surface area (Å²) in [6.07, 6.45) is 1.18. The molecule has 35 heavy (non-hydrogen) atoms. The Morgan fingerprint density at radius 3 is 1.97 bits per heavy atom. The molecule has 0 spiro atoms. The van der Waals surface area contributed by atoms with E-state index in [1.807, 2.05) is 72.8 Å². The Morgan fingerprint density at radius 2 is 1.37 bits per heavy atom. The molecule has 0 saturated heterocycles. The van der Waals surface area contributed by atoms with Crippen LogP contribution >= 0.6 is 11.8 Å². The maximum absolute atomic E-state index is 12.7. The molecule has 0 aromatic heterocycles. The summed E-state index contributed by atoms with van der Waals surface area (Å²) in [5, 5.41) is 2.90. The van der Waals surface area contributed by atoms with Crippen molar-refractivity contribution in [3.63, 3.8) is 0 Å².